The lowest BCUT2D eigenvalue weighted by atomic mass is 10.0. The van der Waals surface area contributed by atoms with Crippen molar-refractivity contribution >= 4 is 18.3 Å². The first-order valence-electron chi connectivity index (χ1n) is 6.21. The number of amides is 1. The van der Waals surface area contributed by atoms with Crippen LogP contribution in [0.2, 0.25) is 0 Å². The van der Waals surface area contributed by atoms with Gasteiger partial charge in [-0.3, -0.25) is 4.79 Å². The number of halogens is 5. The molecule has 8 heteroatoms. The van der Waals surface area contributed by atoms with E-state index >= 15 is 0 Å². The molecule has 0 aromatic heterocycles. The molecule has 1 amide bonds. The van der Waals surface area contributed by atoms with Gasteiger partial charge in [-0.15, -0.1) is 12.4 Å². The van der Waals surface area contributed by atoms with Crippen LogP contribution in [0.5, 0.6) is 0 Å². The number of hydrogen-bond acceptors (Lipinski definition) is 2. The molecule has 1 aromatic carbocycles. The number of nitrogens with two attached hydrogens (primary N) is 1. The molecule has 1 aromatic rings. The van der Waals surface area contributed by atoms with Crippen LogP contribution in [0, 0.1) is 5.82 Å². The summed E-state index contributed by atoms with van der Waals surface area (Å²) in [6.45, 7) is 0.608. The lowest BCUT2D eigenvalue weighted by Crippen LogP contribution is -2.46. The maximum atomic E-state index is 13.9. The van der Waals surface area contributed by atoms with Gasteiger partial charge in [0.15, 0.2) is 0 Å². The van der Waals surface area contributed by atoms with Crippen LogP contribution >= 0.6 is 12.4 Å². The molecule has 0 saturated carbocycles. The van der Waals surface area contributed by atoms with E-state index in [2.05, 4.69) is 0 Å². The molecule has 3 nitrogen and oxygen atoms in total. The van der Waals surface area contributed by atoms with E-state index in [-0.39, 0.29) is 25.0 Å². The Kier molecular flexibility index (Phi) is 5.58. The van der Waals surface area contributed by atoms with Gasteiger partial charge in [-0.2, -0.15) is 13.2 Å². The lowest BCUT2D eigenvalue weighted by Gasteiger charge is -2.31. The van der Waals surface area contributed by atoms with Crippen LogP contribution in [0.4, 0.5) is 17.6 Å². The first kappa shape index (κ1) is 17.7. The predicted octanol–water partition coefficient (Wildman–Crippen LogP) is 2.83. The van der Waals surface area contributed by atoms with Gasteiger partial charge in [0.2, 0.25) is 0 Å². The third-order valence-corrected chi connectivity index (χ3v) is 3.28. The van der Waals surface area contributed by atoms with Gasteiger partial charge in [-0.1, -0.05) is 6.07 Å². The molecule has 1 fully saturated rings. The molecule has 1 saturated heterocycles. The molecular formula is C13H15ClF4N2O. The molecule has 0 bridgehead atoms. The number of carbonyl (C=O) groups is 1. The second-order valence-electron chi connectivity index (χ2n) is 4.82. The molecule has 1 aliphatic rings. The Balaban J connectivity index is 0.00000220. The van der Waals surface area contributed by atoms with Crippen molar-refractivity contribution in [2.24, 2.45) is 5.73 Å². The summed E-state index contributed by atoms with van der Waals surface area (Å²) in [6.07, 6.45) is -3.42. The molecule has 0 radical (unpaired) electrons. The smallest absolute Gasteiger partial charge is 0.337 e. The van der Waals surface area contributed by atoms with Crippen molar-refractivity contribution in [3.63, 3.8) is 0 Å². The van der Waals surface area contributed by atoms with Crippen molar-refractivity contribution in [3.05, 3.63) is 35.1 Å². The third-order valence-electron chi connectivity index (χ3n) is 3.28. The highest BCUT2D eigenvalue weighted by Crippen LogP contribution is 2.32. The molecule has 0 aliphatic carbocycles. The normalized spacial score (nSPS) is 19.1. The molecule has 1 unspecified atom stereocenters. The number of carbonyl (C=O) groups excluding carboxylic acids is 1. The molecule has 21 heavy (non-hydrogen) atoms. The Bertz CT molecular complexity index is 521. The minimum atomic E-state index is -4.82. The van der Waals surface area contributed by atoms with Gasteiger partial charge < -0.3 is 10.6 Å². The fourth-order valence-corrected chi connectivity index (χ4v) is 2.28. The molecule has 1 heterocycles. The van der Waals surface area contributed by atoms with Gasteiger partial charge in [0, 0.05) is 19.1 Å². The number of piperidine rings is 1. The summed E-state index contributed by atoms with van der Waals surface area (Å²) in [4.78, 5) is 13.4. The molecule has 2 N–H and O–H groups in total. The molecule has 118 valence electrons. The van der Waals surface area contributed by atoms with E-state index in [1.54, 1.807) is 0 Å². The zero-order chi connectivity index (χ0) is 14.9. The Morgan fingerprint density at radius 3 is 2.57 bits per heavy atom. The Morgan fingerprint density at radius 1 is 1.33 bits per heavy atom. The maximum absolute atomic E-state index is 13.9. The van der Waals surface area contributed by atoms with Crippen molar-refractivity contribution in [1.82, 2.24) is 4.90 Å². The van der Waals surface area contributed by atoms with E-state index < -0.39 is 29.0 Å². The highest BCUT2D eigenvalue weighted by atomic mass is 35.5. The van der Waals surface area contributed by atoms with Crippen molar-refractivity contribution in [3.8, 4) is 0 Å². The van der Waals surface area contributed by atoms with Crippen molar-refractivity contribution in [1.29, 1.82) is 0 Å². The van der Waals surface area contributed by atoms with Gasteiger partial charge in [-0.25, -0.2) is 4.39 Å². The number of likely N-dealkylation sites (tertiary alicyclic amines) is 1. The van der Waals surface area contributed by atoms with E-state index in [0.717, 1.165) is 18.6 Å². The van der Waals surface area contributed by atoms with E-state index in [9.17, 15) is 22.4 Å². The van der Waals surface area contributed by atoms with Crippen LogP contribution in [-0.2, 0) is 6.18 Å². The minimum absolute atomic E-state index is 0. The molecular weight excluding hydrogens is 312 g/mol. The second kappa shape index (κ2) is 6.62. The molecule has 2 rings (SSSR count). The largest absolute Gasteiger partial charge is 0.419 e. The summed E-state index contributed by atoms with van der Waals surface area (Å²) in [5.74, 6) is -2.27. The van der Waals surface area contributed by atoms with Crippen molar-refractivity contribution in [2.75, 3.05) is 13.1 Å². The summed E-state index contributed by atoms with van der Waals surface area (Å²) < 4.78 is 51.7. The monoisotopic (exact) mass is 326 g/mol. The summed E-state index contributed by atoms with van der Waals surface area (Å²) in [7, 11) is 0. The summed E-state index contributed by atoms with van der Waals surface area (Å²) in [5.41, 5.74) is 3.72. The first-order valence-corrected chi connectivity index (χ1v) is 6.21. The number of nitrogens with zero attached hydrogens (tertiary/aromatic N) is 1. The fourth-order valence-electron chi connectivity index (χ4n) is 2.28. The van der Waals surface area contributed by atoms with Crippen LogP contribution in [0.15, 0.2) is 18.2 Å². The highest BCUT2D eigenvalue weighted by molar-refractivity contribution is 5.94. The Morgan fingerprint density at radius 2 is 2.00 bits per heavy atom. The summed E-state index contributed by atoms with van der Waals surface area (Å²) >= 11 is 0. The van der Waals surface area contributed by atoms with E-state index in [4.69, 9.17) is 5.73 Å². The minimum Gasteiger partial charge on any atom is -0.337 e. The number of hydrogen-bond donors (Lipinski definition) is 1. The van der Waals surface area contributed by atoms with Crippen LogP contribution < -0.4 is 5.73 Å². The molecule has 0 spiro atoms. The van der Waals surface area contributed by atoms with E-state index in [0.29, 0.717) is 19.0 Å². The van der Waals surface area contributed by atoms with E-state index in [1.807, 2.05) is 0 Å². The first-order chi connectivity index (χ1) is 9.30. The number of benzene rings is 1. The van der Waals surface area contributed by atoms with E-state index in [1.165, 1.54) is 4.90 Å². The number of alkyl halides is 3. The summed E-state index contributed by atoms with van der Waals surface area (Å²) in [6, 6.07) is 2.49. The van der Waals surface area contributed by atoms with Gasteiger partial charge in [0.1, 0.15) is 5.82 Å². The zero-order valence-electron chi connectivity index (χ0n) is 11.0. The standard InChI is InChI=1S/C13H14F4N2O.ClH/c14-11-9(4-1-5-10(11)13(15,16)17)12(20)19-6-2-3-8(18)7-19;/h1,4-5,8H,2-3,6-7,18H2;1H. The lowest BCUT2D eigenvalue weighted by molar-refractivity contribution is -0.140. The topological polar surface area (TPSA) is 46.3 Å². The van der Waals surface area contributed by atoms with Crippen LogP contribution in [0.25, 0.3) is 0 Å². The van der Waals surface area contributed by atoms with Crippen molar-refractivity contribution in [2.45, 2.75) is 25.1 Å². The second-order valence-corrected chi connectivity index (χ2v) is 4.82. The zero-order valence-corrected chi connectivity index (χ0v) is 11.8. The highest BCUT2D eigenvalue weighted by Gasteiger charge is 2.36. The van der Waals surface area contributed by atoms with Gasteiger partial charge in [0.05, 0.1) is 11.1 Å². The van der Waals surface area contributed by atoms with Crippen molar-refractivity contribution < 1.29 is 22.4 Å². The average Bonchev–Trinajstić information content (AvgIpc) is 2.37. The maximum Gasteiger partial charge on any atom is 0.419 e. The third kappa shape index (κ3) is 3.85. The fraction of sp³-hybridized carbons (Fsp3) is 0.462. The average molecular weight is 327 g/mol. The van der Waals surface area contributed by atoms with Gasteiger partial charge in [-0.05, 0) is 25.0 Å². The number of rotatable bonds is 1. The quantitative estimate of drug-likeness (QED) is 0.807. The summed E-state index contributed by atoms with van der Waals surface area (Å²) in [5, 5.41) is 0. The van der Waals surface area contributed by atoms with Crippen LogP contribution in [0.3, 0.4) is 0 Å². The van der Waals surface area contributed by atoms with Gasteiger partial charge >= 0.3 is 6.18 Å². The van der Waals surface area contributed by atoms with Crippen LogP contribution in [-0.4, -0.2) is 29.9 Å². The van der Waals surface area contributed by atoms with Gasteiger partial charge in [0.25, 0.3) is 5.91 Å². The predicted molar refractivity (Wildman–Crippen MR) is 71.8 cm³/mol. The van der Waals surface area contributed by atoms with Crippen LogP contribution in [0.1, 0.15) is 28.8 Å². The Hall–Kier alpha value is -1.34. The Labute approximate surface area is 125 Å². The molecule has 1 aliphatic heterocycles. The molecule has 1 atom stereocenters. The SMILES string of the molecule is Cl.NC1CCCN(C(=O)c2cccc(C(F)(F)F)c2F)C1.